The minimum Gasteiger partial charge on any atom is -0.465 e. The molecule has 0 unspecified atom stereocenters. The van der Waals surface area contributed by atoms with Gasteiger partial charge in [-0.15, -0.1) is 24.0 Å². The predicted octanol–water partition coefficient (Wildman–Crippen LogP) is 1.26. The van der Waals surface area contributed by atoms with E-state index >= 15 is 0 Å². The third-order valence-corrected chi connectivity index (χ3v) is 4.11. The first-order chi connectivity index (χ1) is 12.2. The molecule has 146 valence electrons. The lowest BCUT2D eigenvalue weighted by Crippen LogP contribution is -2.37. The first kappa shape index (κ1) is 22.7. The maximum Gasteiger partial charge on any atom is 0.337 e. The number of halogens is 1. The number of hydrogen-bond donors (Lipinski definition) is 2. The molecule has 1 aliphatic heterocycles. The van der Waals surface area contributed by atoms with Crippen LogP contribution in [0.2, 0.25) is 0 Å². The number of nitrogens with one attached hydrogen (secondary N) is 1. The molecule has 26 heavy (non-hydrogen) atoms. The molecule has 2 rings (SSSR count). The van der Waals surface area contributed by atoms with E-state index in [1.807, 2.05) is 12.1 Å². The summed E-state index contributed by atoms with van der Waals surface area (Å²) in [7, 11) is 1.38. The normalized spacial score (nSPS) is 15.2. The molecule has 1 fully saturated rings. The van der Waals surface area contributed by atoms with Crippen LogP contribution in [0.5, 0.6) is 0 Å². The molecular weight excluding hydrogens is 447 g/mol. The number of carbonyl (C=O) groups excluding carboxylic acids is 1. The highest BCUT2D eigenvalue weighted by Gasteiger charge is 2.08. The molecule has 8 heteroatoms. The highest BCUT2D eigenvalue weighted by Crippen LogP contribution is 2.06. The minimum atomic E-state index is -0.321. The molecule has 7 nitrogen and oxygen atoms in total. The number of benzene rings is 1. The third kappa shape index (κ3) is 8.33. The maximum absolute atomic E-state index is 11.4. The molecule has 0 radical (unpaired) electrons. The number of methoxy groups -OCH3 is 1. The largest absolute Gasteiger partial charge is 0.465 e. The van der Waals surface area contributed by atoms with E-state index in [1.165, 1.54) is 7.11 Å². The fourth-order valence-electron chi connectivity index (χ4n) is 2.63. The van der Waals surface area contributed by atoms with E-state index in [0.29, 0.717) is 18.1 Å². The van der Waals surface area contributed by atoms with Crippen molar-refractivity contribution in [1.29, 1.82) is 0 Å². The lowest BCUT2D eigenvalue weighted by atomic mass is 10.1. The first-order valence-corrected chi connectivity index (χ1v) is 8.70. The number of esters is 1. The molecule has 1 aromatic rings. The van der Waals surface area contributed by atoms with Crippen molar-refractivity contribution < 1.29 is 14.3 Å². The third-order valence-electron chi connectivity index (χ3n) is 4.11. The van der Waals surface area contributed by atoms with E-state index in [0.717, 1.165) is 57.8 Å². The summed E-state index contributed by atoms with van der Waals surface area (Å²) in [5.41, 5.74) is 7.56. The van der Waals surface area contributed by atoms with Crippen molar-refractivity contribution in [3.05, 3.63) is 35.4 Å². The number of guanidine groups is 1. The number of hydrogen-bond acceptors (Lipinski definition) is 5. The van der Waals surface area contributed by atoms with Crippen LogP contribution in [0.15, 0.2) is 29.3 Å². The van der Waals surface area contributed by atoms with Crippen molar-refractivity contribution >= 4 is 35.9 Å². The van der Waals surface area contributed by atoms with Crippen molar-refractivity contribution in [3.8, 4) is 0 Å². The molecule has 1 saturated heterocycles. The van der Waals surface area contributed by atoms with Gasteiger partial charge in [0.1, 0.15) is 0 Å². The molecule has 0 amide bonds. The van der Waals surface area contributed by atoms with E-state index in [1.54, 1.807) is 12.1 Å². The molecule has 0 atom stereocenters. The van der Waals surface area contributed by atoms with Gasteiger partial charge in [-0.2, -0.15) is 0 Å². The second-order valence-corrected chi connectivity index (χ2v) is 5.94. The summed E-state index contributed by atoms with van der Waals surface area (Å²) in [5.74, 6) is 0.159. The number of aliphatic imine (C=N–C) groups is 1. The second-order valence-electron chi connectivity index (χ2n) is 5.94. The zero-order valence-corrected chi connectivity index (χ0v) is 17.6. The zero-order chi connectivity index (χ0) is 17.9. The van der Waals surface area contributed by atoms with Crippen LogP contribution >= 0.6 is 24.0 Å². The Morgan fingerprint density at radius 3 is 2.65 bits per heavy atom. The SMILES string of the molecule is COC(=O)c1ccc(CCNC(N)=NCCCN2CCOCC2)cc1.I. The van der Waals surface area contributed by atoms with Gasteiger partial charge in [0.05, 0.1) is 25.9 Å². The fraction of sp³-hybridized carbons (Fsp3) is 0.556. The van der Waals surface area contributed by atoms with Crippen molar-refractivity contribution in [3.63, 3.8) is 0 Å². The molecule has 1 heterocycles. The molecule has 3 N–H and O–H groups in total. The van der Waals surface area contributed by atoms with Crippen molar-refractivity contribution in [1.82, 2.24) is 10.2 Å². The standard InChI is InChI=1S/C18H28N4O3.HI/c1-24-17(23)16-5-3-15(4-6-16)7-9-21-18(19)20-8-2-10-22-11-13-25-14-12-22;/h3-6H,2,7-14H2,1H3,(H3,19,20,21);1H. The molecule has 0 aliphatic carbocycles. The first-order valence-electron chi connectivity index (χ1n) is 8.70. The Morgan fingerprint density at radius 1 is 1.31 bits per heavy atom. The molecular formula is C18H29IN4O3. The van der Waals surface area contributed by atoms with Crippen LogP contribution in [-0.2, 0) is 15.9 Å². The van der Waals surface area contributed by atoms with Gasteiger partial charge in [-0.1, -0.05) is 12.1 Å². The summed E-state index contributed by atoms with van der Waals surface area (Å²) >= 11 is 0. The number of rotatable bonds is 8. The number of nitrogens with two attached hydrogens (primary N) is 1. The summed E-state index contributed by atoms with van der Waals surface area (Å²) in [6, 6.07) is 7.38. The monoisotopic (exact) mass is 476 g/mol. The molecule has 0 aromatic heterocycles. The van der Waals surface area contributed by atoms with Crippen LogP contribution in [0.3, 0.4) is 0 Å². The maximum atomic E-state index is 11.4. The Balaban J connectivity index is 0.00000338. The quantitative estimate of drug-likeness (QED) is 0.193. The van der Waals surface area contributed by atoms with Crippen LogP contribution < -0.4 is 11.1 Å². The van der Waals surface area contributed by atoms with Crippen molar-refractivity contribution in [2.24, 2.45) is 10.7 Å². The summed E-state index contributed by atoms with van der Waals surface area (Å²) in [4.78, 5) is 18.1. The lowest BCUT2D eigenvalue weighted by Gasteiger charge is -2.26. The van der Waals surface area contributed by atoms with Gasteiger partial charge in [0.2, 0.25) is 0 Å². The lowest BCUT2D eigenvalue weighted by molar-refractivity contribution is 0.0377. The molecule has 1 aromatic carbocycles. The average molecular weight is 476 g/mol. The van der Waals surface area contributed by atoms with Gasteiger partial charge >= 0.3 is 5.97 Å². The van der Waals surface area contributed by atoms with Crippen LogP contribution in [0.25, 0.3) is 0 Å². The van der Waals surface area contributed by atoms with Gasteiger partial charge < -0.3 is 20.5 Å². The predicted molar refractivity (Wildman–Crippen MR) is 113 cm³/mol. The Hall–Kier alpha value is -1.39. The Morgan fingerprint density at radius 2 is 2.00 bits per heavy atom. The molecule has 0 bridgehead atoms. The Labute approximate surface area is 172 Å². The number of morpholine rings is 1. The molecule has 1 aliphatic rings. The zero-order valence-electron chi connectivity index (χ0n) is 15.3. The van der Waals surface area contributed by atoms with E-state index in [-0.39, 0.29) is 29.9 Å². The van der Waals surface area contributed by atoms with E-state index in [4.69, 9.17) is 10.5 Å². The van der Waals surface area contributed by atoms with Gasteiger partial charge in [0.25, 0.3) is 0 Å². The highest BCUT2D eigenvalue weighted by molar-refractivity contribution is 14.0. The number of nitrogens with zero attached hydrogens (tertiary/aromatic N) is 2. The van der Waals surface area contributed by atoms with Gasteiger partial charge in [-0.05, 0) is 30.5 Å². The fourth-order valence-corrected chi connectivity index (χ4v) is 2.63. The topological polar surface area (TPSA) is 89.2 Å². The number of ether oxygens (including phenoxy) is 2. The van der Waals surface area contributed by atoms with Gasteiger partial charge in [0.15, 0.2) is 5.96 Å². The minimum absolute atomic E-state index is 0. The van der Waals surface area contributed by atoms with E-state index in [2.05, 4.69) is 19.9 Å². The van der Waals surface area contributed by atoms with Crippen LogP contribution in [0.1, 0.15) is 22.3 Å². The van der Waals surface area contributed by atoms with Crippen molar-refractivity contribution in [2.75, 3.05) is 53.0 Å². The van der Waals surface area contributed by atoms with Crippen LogP contribution in [0.4, 0.5) is 0 Å². The summed E-state index contributed by atoms with van der Waals surface area (Å²) in [6.45, 7) is 6.13. The van der Waals surface area contributed by atoms with Gasteiger partial charge in [0, 0.05) is 32.7 Å². The Bertz CT molecular complexity index is 560. The van der Waals surface area contributed by atoms with E-state index < -0.39 is 0 Å². The smallest absolute Gasteiger partial charge is 0.337 e. The molecule has 0 saturated carbocycles. The van der Waals surface area contributed by atoms with Gasteiger partial charge in [-0.25, -0.2) is 4.79 Å². The highest BCUT2D eigenvalue weighted by atomic mass is 127. The average Bonchev–Trinajstić information content (AvgIpc) is 2.66. The van der Waals surface area contributed by atoms with Crippen LogP contribution in [0, 0.1) is 0 Å². The van der Waals surface area contributed by atoms with Crippen molar-refractivity contribution in [2.45, 2.75) is 12.8 Å². The summed E-state index contributed by atoms with van der Waals surface area (Å²) < 4.78 is 10.0. The summed E-state index contributed by atoms with van der Waals surface area (Å²) in [6.07, 6.45) is 1.81. The van der Waals surface area contributed by atoms with Crippen LogP contribution in [-0.4, -0.2) is 69.9 Å². The second kappa shape index (κ2) is 12.9. The Kier molecular flexibility index (Phi) is 11.2. The summed E-state index contributed by atoms with van der Waals surface area (Å²) in [5, 5.41) is 3.12. The molecule has 0 spiro atoms. The number of carbonyl (C=O) groups is 1. The van der Waals surface area contributed by atoms with E-state index in [9.17, 15) is 4.79 Å². The van der Waals surface area contributed by atoms with Gasteiger partial charge in [-0.3, -0.25) is 9.89 Å².